The first kappa shape index (κ1) is 17.5. The summed E-state index contributed by atoms with van der Waals surface area (Å²) in [6.45, 7) is 3.96. The zero-order chi connectivity index (χ0) is 17.6. The first-order valence-electron chi connectivity index (χ1n) is 8.96. The highest BCUT2D eigenvalue weighted by Crippen LogP contribution is 2.22. The Kier molecular flexibility index (Phi) is 5.71. The molecule has 0 saturated carbocycles. The van der Waals surface area contributed by atoms with E-state index in [2.05, 4.69) is 0 Å². The maximum atomic E-state index is 13.0. The number of nitrogens with two attached hydrogens (primary N) is 1. The van der Waals surface area contributed by atoms with Gasteiger partial charge in [0.05, 0.1) is 0 Å². The molecular formula is C21H26N2O2. The van der Waals surface area contributed by atoms with Crippen LogP contribution >= 0.6 is 0 Å². The van der Waals surface area contributed by atoms with Crippen molar-refractivity contribution in [3.05, 3.63) is 65.7 Å². The summed E-state index contributed by atoms with van der Waals surface area (Å²) < 4.78 is 5.84. The van der Waals surface area contributed by atoms with Crippen molar-refractivity contribution in [3.8, 4) is 5.75 Å². The van der Waals surface area contributed by atoms with Crippen LogP contribution in [0.3, 0.4) is 0 Å². The van der Waals surface area contributed by atoms with Crippen molar-refractivity contribution in [2.75, 3.05) is 13.1 Å². The van der Waals surface area contributed by atoms with E-state index in [0.29, 0.717) is 12.5 Å². The zero-order valence-electron chi connectivity index (χ0n) is 14.7. The normalized spacial score (nSPS) is 18.6. The predicted molar refractivity (Wildman–Crippen MR) is 99.5 cm³/mol. The quantitative estimate of drug-likeness (QED) is 0.908. The molecule has 2 atom stereocenters. The number of hydrogen-bond acceptors (Lipinski definition) is 3. The number of piperidine rings is 1. The van der Waals surface area contributed by atoms with E-state index < -0.39 is 0 Å². The Balaban J connectivity index is 1.72. The fourth-order valence-electron chi connectivity index (χ4n) is 3.33. The highest BCUT2D eigenvalue weighted by Gasteiger charge is 2.27. The number of ether oxygens (including phenoxy) is 1. The Morgan fingerprint density at radius 2 is 1.92 bits per heavy atom. The molecule has 0 aliphatic carbocycles. The molecule has 2 aromatic rings. The maximum Gasteiger partial charge on any atom is 0.254 e. The summed E-state index contributed by atoms with van der Waals surface area (Å²) in [6, 6.07) is 17.5. The Hall–Kier alpha value is -2.33. The van der Waals surface area contributed by atoms with Crippen molar-refractivity contribution < 1.29 is 9.53 Å². The average molecular weight is 338 g/mol. The number of nitrogens with zero attached hydrogens (tertiary/aromatic N) is 1. The van der Waals surface area contributed by atoms with E-state index in [1.165, 1.54) is 0 Å². The molecular weight excluding hydrogens is 312 g/mol. The molecule has 25 heavy (non-hydrogen) atoms. The number of hydrogen-bond donors (Lipinski definition) is 1. The van der Waals surface area contributed by atoms with E-state index in [1.807, 2.05) is 66.4 Å². The summed E-state index contributed by atoms with van der Waals surface area (Å²) in [5.74, 6) is 1.27. The molecule has 3 rings (SSSR count). The van der Waals surface area contributed by atoms with Crippen molar-refractivity contribution in [1.29, 1.82) is 0 Å². The van der Waals surface area contributed by atoms with Crippen LogP contribution in [-0.2, 0) is 6.61 Å². The van der Waals surface area contributed by atoms with Crippen molar-refractivity contribution in [2.24, 2.45) is 11.7 Å². The second kappa shape index (κ2) is 8.17. The molecule has 1 saturated heterocycles. The summed E-state index contributed by atoms with van der Waals surface area (Å²) in [5, 5.41) is 0. The van der Waals surface area contributed by atoms with Crippen LogP contribution < -0.4 is 10.5 Å². The molecule has 1 aliphatic rings. The van der Waals surface area contributed by atoms with Crippen molar-refractivity contribution in [2.45, 2.75) is 32.4 Å². The van der Waals surface area contributed by atoms with Crippen LogP contribution in [0.25, 0.3) is 0 Å². The molecule has 4 nitrogen and oxygen atoms in total. The van der Waals surface area contributed by atoms with Crippen molar-refractivity contribution >= 4 is 5.91 Å². The van der Waals surface area contributed by atoms with Gasteiger partial charge in [-0.05, 0) is 43.9 Å². The standard InChI is InChI=1S/C21H26N2O2/c1-16(22)17-9-7-13-23(14-17)21(24)20-12-6-5-8-18(20)15-25-19-10-3-2-4-11-19/h2-6,8,10-12,16-17H,7,9,13-15,22H2,1H3. The largest absolute Gasteiger partial charge is 0.489 e. The van der Waals surface area contributed by atoms with Gasteiger partial charge in [-0.3, -0.25) is 4.79 Å². The first-order valence-corrected chi connectivity index (χ1v) is 8.96. The highest BCUT2D eigenvalue weighted by atomic mass is 16.5. The van der Waals surface area contributed by atoms with E-state index in [1.54, 1.807) is 0 Å². The molecule has 1 aliphatic heterocycles. The van der Waals surface area contributed by atoms with Gasteiger partial charge in [-0.25, -0.2) is 0 Å². The molecule has 0 radical (unpaired) electrons. The van der Waals surface area contributed by atoms with Gasteiger partial charge in [0.1, 0.15) is 12.4 Å². The van der Waals surface area contributed by atoms with Gasteiger partial charge in [0.25, 0.3) is 5.91 Å². The minimum Gasteiger partial charge on any atom is -0.489 e. The third-order valence-electron chi connectivity index (χ3n) is 4.87. The minimum absolute atomic E-state index is 0.0811. The lowest BCUT2D eigenvalue weighted by Gasteiger charge is -2.35. The van der Waals surface area contributed by atoms with Crippen LogP contribution in [0.5, 0.6) is 5.75 Å². The Labute approximate surface area is 149 Å². The Bertz CT molecular complexity index is 700. The number of carbonyl (C=O) groups is 1. The van der Waals surface area contributed by atoms with Crippen molar-refractivity contribution in [3.63, 3.8) is 0 Å². The second-order valence-corrected chi connectivity index (χ2v) is 6.77. The molecule has 2 N–H and O–H groups in total. The lowest BCUT2D eigenvalue weighted by Crippen LogP contribution is -2.45. The monoisotopic (exact) mass is 338 g/mol. The number of para-hydroxylation sites is 1. The number of amides is 1. The van der Waals surface area contributed by atoms with Gasteiger partial charge in [0, 0.05) is 30.3 Å². The molecule has 2 unspecified atom stereocenters. The summed E-state index contributed by atoms with van der Waals surface area (Å²) in [4.78, 5) is 15.0. The zero-order valence-corrected chi connectivity index (χ0v) is 14.7. The molecule has 1 amide bonds. The third kappa shape index (κ3) is 4.40. The number of carbonyl (C=O) groups excluding carboxylic acids is 1. The van der Waals surface area contributed by atoms with Gasteiger partial charge in [-0.1, -0.05) is 36.4 Å². The third-order valence-corrected chi connectivity index (χ3v) is 4.87. The lowest BCUT2D eigenvalue weighted by molar-refractivity contribution is 0.0658. The van der Waals surface area contributed by atoms with E-state index in [0.717, 1.165) is 42.8 Å². The molecule has 2 aromatic carbocycles. The molecule has 0 aromatic heterocycles. The van der Waals surface area contributed by atoms with E-state index in [9.17, 15) is 4.79 Å². The SMILES string of the molecule is CC(N)C1CCCN(C(=O)c2ccccc2COc2ccccc2)C1. The predicted octanol–water partition coefficient (Wildman–Crippen LogP) is 3.47. The summed E-state index contributed by atoms with van der Waals surface area (Å²) >= 11 is 0. The fourth-order valence-corrected chi connectivity index (χ4v) is 3.33. The van der Waals surface area contributed by atoms with Crippen LogP contribution in [-0.4, -0.2) is 29.9 Å². The van der Waals surface area contributed by atoms with Crippen LogP contribution in [0, 0.1) is 5.92 Å². The van der Waals surface area contributed by atoms with Crippen LogP contribution in [0.1, 0.15) is 35.7 Å². The number of rotatable bonds is 5. The van der Waals surface area contributed by atoms with Crippen molar-refractivity contribution in [1.82, 2.24) is 4.90 Å². The number of benzene rings is 2. The topological polar surface area (TPSA) is 55.6 Å². The summed E-state index contributed by atoms with van der Waals surface area (Å²) in [5.41, 5.74) is 7.69. The molecule has 1 heterocycles. The lowest BCUT2D eigenvalue weighted by atomic mass is 9.91. The van der Waals surface area contributed by atoms with Gasteiger partial charge in [0.2, 0.25) is 0 Å². The van der Waals surface area contributed by atoms with E-state index >= 15 is 0 Å². The molecule has 0 spiro atoms. The number of likely N-dealkylation sites (tertiary alicyclic amines) is 1. The van der Waals surface area contributed by atoms with Gasteiger partial charge in [-0.15, -0.1) is 0 Å². The van der Waals surface area contributed by atoms with Crippen LogP contribution in [0.4, 0.5) is 0 Å². The molecule has 0 bridgehead atoms. The Morgan fingerprint density at radius 3 is 2.68 bits per heavy atom. The second-order valence-electron chi connectivity index (χ2n) is 6.77. The minimum atomic E-state index is 0.0811. The van der Waals surface area contributed by atoms with E-state index in [4.69, 9.17) is 10.5 Å². The fraction of sp³-hybridized carbons (Fsp3) is 0.381. The summed E-state index contributed by atoms with van der Waals surface area (Å²) in [6.07, 6.45) is 2.11. The highest BCUT2D eigenvalue weighted by molar-refractivity contribution is 5.95. The average Bonchev–Trinajstić information content (AvgIpc) is 2.67. The summed E-state index contributed by atoms with van der Waals surface area (Å²) in [7, 11) is 0. The molecule has 1 fully saturated rings. The van der Waals surface area contributed by atoms with Crippen LogP contribution in [0.15, 0.2) is 54.6 Å². The van der Waals surface area contributed by atoms with Gasteiger partial charge in [0.15, 0.2) is 0 Å². The van der Waals surface area contributed by atoms with Crippen LogP contribution in [0.2, 0.25) is 0 Å². The van der Waals surface area contributed by atoms with E-state index in [-0.39, 0.29) is 11.9 Å². The molecule has 132 valence electrons. The smallest absolute Gasteiger partial charge is 0.254 e. The van der Waals surface area contributed by atoms with Gasteiger partial charge >= 0.3 is 0 Å². The van der Waals surface area contributed by atoms with Gasteiger partial charge < -0.3 is 15.4 Å². The molecule has 4 heteroatoms. The maximum absolute atomic E-state index is 13.0. The first-order chi connectivity index (χ1) is 12.1. The van der Waals surface area contributed by atoms with Gasteiger partial charge in [-0.2, -0.15) is 0 Å². The Morgan fingerprint density at radius 1 is 1.20 bits per heavy atom.